The Balaban J connectivity index is 2.05. The van der Waals surface area contributed by atoms with Crippen LogP contribution in [0, 0.1) is 13.8 Å². The second-order valence-electron chi connectivity index (χ2n) is 6.15. The number of amides is 1. The molecule has 6 nitrogen and oxygen atoms in total. The van der Waals surface area contributed by atoms with E-state index in [1.54, 1.807) is 19.1 Å². The highest BCUT2D eigenvalue weighted by Crippen LogP contribution is 2.23. The van der Waals surface area contributed by atoms with Crippen LogP contribution in [0.1, 0.15) is 33.0 Å². The van der Waals surface area contributed by atoms with E-state index in [1.807, 2.05) is 13.0 Å². The van der Waals surface area contributed by atoms with Gasteiger partial charge >= 0.3 is 0 Å². The van der Waals surface area contributed by atoms with Crippen molar-refractivity contribution in [1.82, 2.24) is 4.31 Å². The molecule has 0 aliphatic rings. The summed E-state index contributed by atoms with van der Waals surface area (Å²) in [4.78, 5) is 26.1. The quantitative estimate of drug-likeness (QED) is 0.731. The number of anilines is 1. The number of nitrogens with zero attached hydrogens (tertiary/aromatic N) is 1. The fourth-order valence-corrected chi connectivity index (χ4v) is 4.02. The summed E-state index contributed by atoms with van der Waals surface area (Å²) in [7, 11) is -0.683. The van der Waals surface area contributed by atoms with Gasteiger partial charge in [0, 0.05) is 37.5 Å². The van der Waals surface area contributed by atoms with Crippen LogP contribution in [0.5, 0.6) is 0 Å². The van der Waals surface area contributed by atoms with Crippen molar-refractivity contribution in [3.8, 4) is 0 Å². The number of Topliss-reactive ketones (excluding diaryl/α,β-unsaturated/α-hetero) is 1. The molecular formula is C18H22N2O4S2. The minimum Gasteiger partial charge on any atom is -0.326 e. The first-order valence-corrected chi connectivity index (χ1v) is 10.3. The Kier molecular flexibility index (Phi) is 6.33. The lowest BCUT2D eigenvalue weighted by atomic mass is 10.1. The number of benzene rings is 1. The van der Waals surface area contributed by atoms with Crippen molar-refractivity contribution in [3.63, 3.8) is 0 Å². The minimum absolute atomic E-state index is 0.0415. The first-order chi connectivity index (χ1) is 12.1. The van der Waals surface area contributed by atoms with Gasteiger partial charge in [-0.3, -0.25) is 9.59 Å². The van der Waals surface area contributed by atoms with E-state index in [4.69, 9.17) is 0 Å². The Morgan fingerprint density at radius 3 is 2.35 bits per heavy atom. The number of carbonyl (C=O) groups excluding carboxylic acids is 2. The Hall–Kier alpha value is -2.03. The number of nitrogens with one attached hydrogen (secondary N) is 1. The van der Waals surface area contributed by atoms with Crippen molar-refractivity contribution in [2.45, 2.75) is 31.6 Å². The van der Waals surface area contributed by atoms with Crippen molar-refractivity contribution in [2.24, 2.45) is 0 Å². The van der Waals surface area contributed by atoms with E-state index in [1.165, 1.54) is 37.6 Å². The first kappa shape index (κ1) is 20.3. The molecule has 0 fully saturated rings. The van der Waals surface area contributed by atoms with Gasteiger partial charge in [0.05, 0.1) is 9.77 Å². The van der Waals surface area contributed by atoms with Gasteiger partial charge in [0.25, 0.3) is 0 Å². The molecule has 1 heterocycles. The molecule has 1 N–H and O–H groups in total. The molecule has 140 valence electrons. The SMILES string of the molecule is Cc1ccc(C(=O)CCC(=O)Nc2cc(S(=O)(=O)N(C)C)ccc2C)s1. The van der Waals surface area contributed by atoms with Gasteiger partial charge in [-0.1, -0.05) is 6.07 Å². The third-order valence-corrected chi connectivity index (χ3v) is 6.71. The maximum atomic E-state index is 12.2. The van der Waals surface area contributed by atoms with E-state index < -0.39 is 10.0 Å². The molecule has 0 aliphatic carbocycles. The van der Waals surface area contributed by atoms with Crippen LogP contribution in [0.2, 0.25) is 0 Å². The highest BCUT2D eigenvalue weighted by atomic mass is 32.2. The van der Waals surface area contributed by atoms with Crippen LogP contribution in [0.15, 0.2) is 35.2 Å². The van der Waals surface area contributed by atoms with E-state index in [0.717, 1.165) is 14.7 Å². The fraction of sp³-hybridized carbons (Fsp3) is 0.333. The molecule has 0 atom stereocenters. The molecule has 1 amide bonds. The Morgan fingerprint density at radius 2 is 1.77 bits per heavy atom. The smallest absolute Gasteiger partial charge is 0.242 e. The summed E-state index contributed by atoms with van der Waals surface area (Å²) < 4.78 is 25.6. The summed E-state index contributed by atoms with van der Waals surface area (Å²) in [6.07, 6.45) is 0.153. The average Bonchev–Trinajstić information content (AvgIpc) is 3.01. The Labute approximate surface area is 157 Å². The number of aryl methyl sites for hydroxylation is 2. The number of carbonyl (C=O) groups is 2. The zero-order valence-electron chi connectivity index (χ0n) is 15.2. The van der Waals surface area contributed by atoms with Gasteiger partial charge in [-0.2, -0.15) is 0 Å². The average molecular weight is 395 g/mol. The second-order valence-corrected chi connectivity index (χ2v) is 9.59. The number of ketones is 1. The molecule has 0 aliphatic heterocycles. The molecule has 8 heteroatoms. The fourth-order valence-electron chi connectivity index (χ4n) is 2.25. The standard InChI is InChI=1S/C18H22N2O4S2/c1-12-5-7-14(26(23,24)20(3)4)11-15(12)19-18(22)10-8-16(21)17-9-6-13(2)25-17/h5-7,9,11H,8,10H2,1-4H3,(H,19,22). The van der Waals surface area contributed by atoms with Crippen LogP contribution >= 0.6 is 11.3 Å². The summed E-state index contributed by atoms with van der Waals surface area (Å²) in [5.41, 5.74) is 1.17. The Morgan fingerprint density at radius 1 is 1.08 bits per heavy atom. The molecule has 0 spiro atoms. The molecule has 2 rings (SSSR count). The van der Waals surface area contributed by atoms with Crippen LogP contribution in [0.3, 0.4) is 0 Å². The van der Waals surface area contributed by atoms with Gasteiger partial charge < -0.3 is 5.32 Å². The monoisotopic (exact) mass is 394 g/mol. The summed E-state index contributed by atoms with van der Waals surface area (Å²) in [6.45, 7) is 3.70. The lowest BCUT2D eigenvalue weighted by Gasteiger charge is -2.14. The molecule has 1 aromatic carbocycles. The normalized spacial score (nSPS) is 11.6. The zero-order valence-corrected chi connectivity index (χ0v) is 16.8. The molecule has 0 bridgehead atoms. The maximum absolute atomic E-state index is 12.2. The highest BCUT2D eigenvalue weighted by molar-refractivity contribution is 7.89. The summed E-state index contributed by atoms with van der Waals surface area (Å²) in [6, 6.07) is 8.22. The lowest BCUT2D eigenvalue weighted by molar-refractivity contribution is -0.116. The topological polar surface area (TPSA) is 83.5 Å². The zero-order chi connectivity index (χ0) is 19.5. The summed E-state index contributed by atoms with van der Waals surface area (Å²) in [5, 5.41) is 2.70. The molecule has 0 saturated heterocycles. The third-order valence-electron chi connectivity index (χ3n) is 3.86. The van der Waals surface area contributed by atoms with Crippen molar-refractivity contribution in [3.05, 3.63) is 45.6 Å². The molecule has 0 saturated carbocycles. The third kappa shape index (κ3) is 4.78. The molecule has 26 heavy (non-hydrogen) atoms. The molecule has 0 radical (unpaired) electrons. The maximum Gasteiger partial charge on any atom is 0.242 e. The van der Waals surface area contributed by atoms with Crippen LogP contribution in [0.4, 0.5) is 5.69 Å². The van der Waals surface area contributed by atoms with Gasteiger partial charge in [0.1, 0.15) is 0 Å². The van der Waals surface area contributed by atoms with Crippen molar-refractivity contribution < 1.29 is 18.0 Å². The number of hydrogen-bond donors (Lipinski definition) is 1. The largest absolute Gasteiger partial charge is 0.326 e. The molecule has 0 unspecified atom stereocenters. The molecule has 1 aromatic heterocycles. The van der Waals surface area contributed by atoms with E-state index in [9.17, 15) is 18.0 Å². The predicted molar refractivity (Wildman–Crippen MR) is 103 cm³/mol. The van der Waals surface area contributed by atoms with Gasteiger partial charge in [-0.15, -0.1) is 11.3 Å². The number of rotatable bonds is 7. The van der Waals surface area contributed by atoms with Crippen molar-refractivity contribution in [2.75, 3.05) is 19.4 Å². The van der Waals surface area contributed by atoms with Crippen LogP contribution in [-0.2, 0) is 14.8 Å². The first-order valence-electron chi connectivity index (χ1n) is 8.04. The molecule has 2 aromatic rings. The second kappa shape index (κ2) is 8.11. The van der Waals surface area contributed by atoms with Gasteiger partial charge in [-0.05, 0) is 43.7 Å². The predicted octanol–water partition coefficient (Wildman–Crippen LogP) is 3.22. The number of sulfonamides is 1. The van der Waals surface area contributed by atoms with E-state index >= 15 is 0 Å². The van der Waals surface area contributed by atoms with Gasteiger partial charge in [-0.25, -0.2) is 12.7 Å². The van der Waals surface area contributed by atoms with E-state index in [0.29, 0.717) is 10.6 Å². The summed E-state index contributed by atoms with van der Waals surface area (Å²) in [5.74, 6) is -0.395. The number of hydrogen-bond acceptors (Lipinski definition) is 5. The van der Waals surface area contributed by atoms with Crippen molar-refractivity contribution >= 4 is 38.7 Å². The highest BCUT2D eigenvalue weighted by Gasteiger charge is 2.19. The van der Waals surface area contributed by atoms with E-state index in [2.05, 4.69) is 5.32 Å². The molecular weight excluding hydrogens is 372 g/mol. The minimum atomic E-state index is -3.58. The lowest BCUT2D eigenvalue weighted by Crippen LogP contribution is -2.22. The van der Waals surface area contributed by atoms with Gasteiger partial charge in [0.15, 0.2) is 5.78 Å². The summed E-state index contributed by atoms with van der Waals surface area (Å²) >= 11 is 1.41. The Bertz CT molecular complexity index is 930. The van der Waals surface area contributed by atoms with Crippen molar-refractivity contribution in [1.29, 1.82) is 0 Å². The van der Waals surface area contributed by atoms with E-state index in [-0.39, 0.29) is 29.4 Å². The number of thiophene rings is 1. The van der Waals surface area contributed by atoms with Gasteiger partial charge in [0.2, 0.25) is 15.9 Å². The van der Waals surface area contributed by atoms with Crippen LogP contribution < -0.4 is 5.32 Å². The van der Waals surface area contributed by atoms with Crippen LogP contribution in [0.25, 0.3) is 0 Å². The van der Waals surface area contributed by atoms with Crippen LogP contribution in [-0.4, -0.2) is 38.5 Å².